The quantitative estimate of drug-likeness (QED) is 0.291. The fourth-order valence-electron chi connectivity index (χ4n) is 2.87. The first-order valence-corrected chi connectivity index (χ1v) is 9.58. The zero-order valence-electron chi connectivity index (χ0n) is 13.8. The second-order valence-electron chi connectivity index (χ2n) is 5.72. The van der Waals surface area contributed by atoms with Crippen molar-refractivity contribution in [3.63, 3.8) is 0 Å². The van der Waals surface area contributed by atoms with E-state index in [1.165, 1.54) is 35.6 Å². The van der Waals surface area contributed by atoms with Crippen LogP contribution in [0.1, 0.15) is 20.7 Å². The molecule has 0 spiro atoms. The van der Waals surface area contributed by atoms with Gasteiger partial charge in [-0.25, -0.2) is 9.88 Å². The highest BCUT2D eigenvalue weighted by Gasteiger charge is 2.41. The van der Waals surface area contributed by atoms with Gasteiger partial charge in [-0.1, -0.05) is 17.8 Å². The van der Waals surface area contributed by atoms with Crippen molar-refractivity contribution in [3.8, 4) is 0 Å². The lowest BCUT2D eigenvalue weighted by Gasteiger charge is -2.13. The first-order valence-electron chi connectivity index (χ1n) is 7.78. The number of carboxylic acid groups (broad SMARTS) is 1. The van der Waals surface area contributed by atoms with E-state index in [1.54, 1.807) is 12.1 Å². The van der Waals surface area contributed by atoms with E-state index in [0.717, 1.165) is 16.7 Å². The lowest BCUT2D eigenvalue weighted by molar-refractivity contribution is -0.385. The molecule has 2 heterocycles. The maximum absolute atomic E-state index is 12.8. The number of nitro benzene ring substituents is 1. The average molecular weight is 415 g/mol. The number of anilines is 1. The Hall–Kier alpha value is -3.31. The molecule has 28 heavy (non-hydrogen) atoms. The van der Waals surface area contributed by atoms with E-state index >= 15 is 0 Å². The van der Waals surface area contributed by atoms with E-state index in [-0.39, 0.29) is 22.6 Å². The third-order valence-corrected chi connectivity index (χ3v) is 6.17. The fraction of sp³-hybridized carbons (Fsp3) is 0.0588. The fourth-order valence-corrected chi connectivity index (χ4v) is 4.69. The Morgan fingerprint density at radius 3 is 2.75 bits per heavy atom. The van der Waals surface area contributed by atoms with Gasteiger partial charge in [-0.3, -0.25) is 24.5 Å². The molecule has 9 nitrogen and oxygen atoms in total. The number of imide groups is 1. The molecule has 0 unspecified atom stereocenters. The number of hydrogen-bond donors (Lipinski definition) is 1. The first kappa shape index (κ1) is 18.1. The number of fused-ring (bicyclic) bond motifs is 2. The molecule has 0 fully saturated rings. The number of aromatic nitrogens is 1. The summed E-state index contributed by atoms with van der Waals surface area (Å²) in [5.74, 6) is -2.48. The van der Waals surface area contributed by atoms with Crippen LogP contribution in [0, 0.1) is 10.1 Å². The van der Waals surface area contributed by atoms with Crippen LogP contribution in [-0.2, 0) is 4.79 Å². The van der Waals surface area contributed by atoms with Gasteiger partial charge < -0.3 is 5.11 Å². The summed E-state index contributed by atoms with van der Waals surface area (Å²) < 4.78 is 1.21. The Bertz CT molecular complexity index is 1190. The number of nitrogens with zero attached hydrogens (tertiary/aromatic N) is 3. The predicted molar refractivity (Wildman–Crippen MR) is 102 cm³/mol. The van der Waals surface area contributed by atoms with Gasteiger partial charge in [0.15, 0.2) is 4.34 Å². The van der Waals surface area contributed by atoms with Crippen LogP contribution >= 0.6 is 23.1 Å². The van der Waals surface area contributed by atoms with Crippen molar-refractivity contribution in [1.29, 1.82) is 0 Å². The monoisotopic (exact) mass is 415 g/mol. The molecular formula is C17H9N3O6S2. The van der Waals surface area contributed by atoms with Gasteiger partial charge in [-0.15, -0.1) is 11.3 Å². The number of aliphatic carboxylic acids is 1. The number of rotatable bonds is 5. The third-order valence-electron chi connectivity index (χ3n) is 4.02. The molecule has 4 rings (SSSR count). The smallest absolute Gasteiger partial charge is 0.313 e. The molecule has 0 bridgehead atoms. The van der Waals surface area contributed by atoms with E-state index in [4.69, 9.17) is 5.11 Å². The molecule has 1 aromatic heterocycles. The maximum atomic E-state index is 12.8. The molecule has 0 saturated carbocycles. The molecule has 2 aromatic carbocycles. The highest BCUT2D eigenvalue weighted by Crippen LogP contribution is 2.37. The normalized spacial score (nSPS) is 13.2. The van der Waals surface area contributed by atoms with Crippen LogP contribution in [0.2, 0.25) is 0 Å². The molecule has 0 saturated heterocycles. The van der Waals surface area contributed by atoms with E-state index < -0.39 is 28.4 Å². The van der Waals surface area contributed by atoms with Gasteiger partial charge in [0.05, 0.1) is 32.1 Å². The Morgan fingerprint density at radius 1 is 1.25 bits per heavy atom. The highest BCUT2D eigenvalue weighted by molar-refractivity contribution is 8.01. The predicted octanol–water partition coefficient (Wildman–Crippen LogP) is 3.18. The third kappa shape index (κ3) is 2.90. The van der Waals surface area contributed by atoms with Crippen LogP contribution in [0.25, 0.3) is 10.2 Å². The van der Waals surface area contributed by atoms with Crippen molar-refractivity contribution in [3.05, 3.63) is 57.6 Å². The summed E-state index contributed by atoms with van der Waals surface area (Å²) >= 11 is 2.31. The number of carbonyl (C=O) groups excluding carboxylic acids is 2. The minimum atomic E-state index is -0.961. The zero-order valence-corrected chi connectivity index (χ0v) is 15.5. The van der Waals surface area contributed by atoms with Crippen LogP contribution < -0.4 is 4.90 Å². The van der Waals surface area contributed by atoms with Crippen molar-refractivity contribution < 1.29 is 24.4 Å². The molecule has 1 aliphatic rings. The Balaban J connectivity index is 1.73. The summed E-state index contributed by atoms with van der Waals surface area (Å²) in [4.78, 5) is 51.9. The number of carboxylic acids is 1. The highest BCUT2D eigenvalue weighted by atomic mass is 32.2. The molecule has 0 aliphatic carbocycles. The number of benzene rings is 2. The molecule has 3 aromatic rings. The van der Waals surface area contributed by atoms with Crippen LogP contribution in [0.3, 0.4) is 0 Å². The summed E-state index contributed by atoms with van der Waals surface area (Å²) in [6.07, 6.45) is 0. The maximum Gasteiger partial charge on any atom is 0.313 e. The van der Waals surface area contributed by atoms with E-state index in [2.05, 4.69) is 4.98 Å². The average Bonchev–Trinajstić information content (AvgIpc) is 3.18. The first-order chi connectivity index (χ1) is 13.4. The summed E-state index contributed by atoms with van der Waals surface area (Å²) in [5, 5.41) is 20.0. The van der Waals surface area contributed by atoms with Gasteiger partial charge in [0.25, 0.3) is 17.5 Å². The van der Waals surface area contributed by atoms with Gasteiger partial charge in [0, 0.05) is 6.07 Å². The second-order valence-corrected chi connectivity index (χ2v) is 7.97. The van der Waals surface area contributed by atoms with Crippen LogP contribution in [0.4, 0.5) is 11.4 Å². The molecular weight excluding hydrogens is 406 g/mol. The van der Waals surface area contributed by atoms with Gasteiger partial charge in [-0.2, -0.15) is 0 Å². The van der Waals surface area contributed by atoms with Crippen molar-refractivity contribution in [1.82, 2.24) is 4.98 Å². The molecule has 2 amide bonds. The topological polar surface area (TPSA) is 131 Å². The number of thiazole rings is 1. The Labute approximate surface area is 164 Å². The van der Waals surface area contributed by atoms with Gasteiger partial charge in [0.2, 0.25) is 0 Å². The standard InChI is InChI=1S/C17H9N3O6S2/c21-13(22)7-27-17-18-10-5-4-8(6-12(10)28-17)19-15(23)9-2-1-3-11(20(25)26)14(9)16(19)24/h1-6H,7H2,(H,21,22). The minimum absolute atomic E-state index is 0.0127. The van der Waals surface area contributed by atoms with Gasteiger partial charge in [0.1, 0.15) is 5.56 Å². The lowest BCUT2D eigenvalue weighted by Crippen LogP contribution is -2.29. The Morgan fingerprint density at radius 2 is 2.04 bits per heavy atom. The van der Waals surface area contributed by atoms with Crippen LogP contribution in [-0.4, -0.2) is 38.6 Å². The minimum Gasteiger partial charge on any atom is -0.481 e. The van der Waals surface area contributed by atoms with Crippen molar-refractivity contribution in [2.75, 3.05) is 10.7 Å². The molecule has 0 atom stereocenters. The van der Waals surface area contributed by atoms with E-state index in [9.17, 15) is 24.5 Å². The molecule has 0 radical (unpaired) electrons. The summed E-state index contributed by atoms with van der Waals surface area (Å²) in [6, 6.07) is 8.67. The largest absolute Gasteiger partial charge is 0.481 e. The number of thioether (sulfide) groups is 1. The van der Waals surface area contributed by atoms with Crippen LogP contribution in [0.15, 0.2) is 40.7 Å². The number of carbonyl (C=O) groups is 3. The molecule has 140 valence electrons. The zero-order chi connectivity index (χ0) is 20.0. The van der Waals surface area contributed by atoms with E-state index in [1.807, 2.05) is 0 Å². The SMILES string of the molecule is O=C(O)CSc1nc2ccc(N3C(=O)c4cccc([N+](=O)[O-])c4C3=O)cc2s1. The van der Waals surface area contributed by atoms with Crippen molar-refractivity contribution in [2.24, 2.45) is 0 Å². The molecule has 11 heteroatoms. The van der Waals surface area contributed by atoms with E-state index in [0.29, 0.717) is 14.6 Å². The van der Waals surface area contributed by atoms with Gasteiger partial charge in [-0.05, 0) is 24.3 Å². The summed E-state index contributed by atoms with van der Waals surface area (Å²) in [6.45, 7) is 0. The lowest BCUT2D eigenvalue weighted by atomic mass is 10.1. The Kier molecular flexibility index (Phi) is 4.32. The van der Waals surface area contributed by atoms with Crippen LogP contribution in [0.5, 0.6) is 0 Å². The van der Waals surface area contributed by atoms with Gasteiger partial charge >= 0.3 is 5.97 Å². The number of hydrogen-bond acceptors (Lipinski definition) is 8. The van der Waals surface area contributed by atoms with Crippen molar-refractivity contribution in [2.45, 2.75) is 4.34 Å². The molecule has 1 N–H and O–H groups in total. The summed E-state index contributed by atoms with van der Waals surface area (Å²) in [7, 11) is 0. The summed E-state index contributed by atoms with van der Waals surface area (Å²) in [5.41, 5.74) is 0.223. The number of nitro groups is 1. The number of amides is 2. The van der Waals surface area contributed by atoms with Crippen molar-refractivity contribution >= 4 is 62.5 Å². The molecule has 1 aliphatic heterocycles. The second kappa shape index (κ2) is 6.69.